The number of nitrogens with zero attached hydrogens (tertiary/aromatic N) is 3. The van der Waals surface area contributed by atoms with Gasteiger partial charge in [0.15, 0.2) is 11.5 Å². The number of anilines is 1. The fraction of sp³-hybridized carbons (Fsp3) is 0.375. The third-order valence-electron chi connectivity index (χ3n) is 5.75. The second kappa shape index (κ2) is 9.82. The number of rotatable bonds is 7. The molecule has 8 nitrogen and oxygen atoms in total. The van der Waals surface area contributed by atoms with Gasteiger partial charge in [0.05, 0.1) is 26.7 Å². The SMILES string of the molecule is COc1ccc(-c2noc(CN3CCC[C@@H](C(=O)Nc4ccccc4C)C3)n2)cc1OC. The number of ether oxygens (including phenoxy) is 2. The molecule has 8 heteroatoms. The van der Waals surface area contributed by atoms with Crippen molar-refractivity contribution < 1.29 is 18.8 Å². The van der Waals surface area contributed by atoms with E-state index in [1.165, 1.54) is 0 Å². The summed E-state index contributed by atoms with van der Waals surface area (Å²) in [5.74, 6) is 2.25. The van der Waals surface area contributed by atoms with Gasteiger partial charge in [-0.15, -0.1) is 0 Å². The van der Waals surface area contributed by atoms with Gasteiger partial charge in [-0.3, -0.25) is 9.69 Å². The summed E-state index contributed by atoms with van der Waals surface area (Å²) in [6, 6.07) is 13.3. The number of carbonyl (C=O) groups excluding carboxylic acids is 1. The van der Waals surface area contributed by atoms with E-state index in [0.29, 0.717) is 36.3 Å². The van der Waals surface area contributed by atoms with E-state index >= 15 is 0 Å². The number of nitrogens with one attached hydrogen (secondary N) is 1. The van der Waals surface area contributed by atoms with Crippen molar-refractivity contribution in [1.29, 1.82) is 0 Å². The van der Waals surface area contributed by atoms with Crippen LogP contribution in [0.4, 0.5) is 5.69 Å². The van der Waals surface area contributed by atoms with Crippen molar-refractivity contribution in [3.8, 4) is 22.9 Å². The Bertz CT molecular complexity index is 1080. The molecule has 0 spiro atoms. The molecule has 0 saturated carbocycles. The van der Waals surface area contributed by atoms with Crippen LogP contribution in [0.1, 0.15) is 24.3 Å². The van der Waals surface area contributed by atoms with Crippen LogP contribution in [0.3, 0.4) is 0 Å². The summed E-state index contributed by atoms with van der Waals surface area (Å²) >= 11 is 0. The molecule has 4 rings (SSSR count). The summed E-state index contributed by atoms with van der Waals surface area (Å²) in [5, 5.41) is 7.19. The van der Waals surface area contributed by atoms with Crippen LogP contribution in [-0.4, -0.2) is 48.3 Å². The van der Waals surface area contributed by atoms with Crippen LogP contribution in [0.2, 0.25) is 0 Å². The predicted octanol–water partition coefficient (Wildman–Crippen LogP) is 3.91. The van der Waals surface area contributed by atoms with Gasteiger partial charge in [-0.25, -0.2) is 0 Å². The van der Waals surface area contributed by atoms with Crippen molar-refractivity contribution >= 4 is 11.6 Å². The Hall–Kier alpha value is -3.39. The van der Waals surface area contributed by atoms with E-state index in [-0.39, 0.29) is 11.8 Å². The van der Waals surface area contributed by atoms with Crippen molar-refractivity contribution in [3.63, 3.8) is 0 Å². The quantitative estimate of drug-likeness (QED) is 0.600. The number of benzene rings is 2. The second-order valence-corrected chi connectivity index (χ2v) is 7.96. The molecule has 1 atom stereocenters. The summed E-state index contributed by atoms with van der Waals surface area (Å²) < 4.78 is 16.1. The summed E-state index contributed by atoms with van der Waals surface area (Å²) in [7, 11) is 3.18. The Morgan fingerprint density at radius 1 is 1.19 bits per heavy atom. The molecule has 1 amide bonds. The molecule has 3 aromatic rings. The first kappa shape index (κ1) is 21.8. The molecule has 0 aliphatic carbocycles. The lowest BCUT2D eigenvalue weighted by molar-refractivity contribution is -0.121. The van der Waals surface area contributed by atoms with Gasteiger partial charge < -0.3 is 19.3 Å². The first-order valence-corrected chi connectivity index (χ1v) is 10.7. The van der Waals surface area contributed by atoms with Gasteiger partial charge in [-0.2, -0.15) is 4.98 Å². The van der Waals surface area contributed by atoms with Gasteiger partial charge in [-0.05, 0) is 56.1 Å². The third-order valence-corrected chi connectivity index (χ3v) is 5.75. The number of hydrogen-bond acceptors (Lipinski definition) is 7. The van der Waals surface area contributed by atoms with Crippen molar-refractivity contribution in [2.24, 2.45) is 5.92 Å². The third kappa shape index (κ3) is 4.91. The monoisotopic (exact) mass is 436 g/mol. The molecule has 2 heterocycles. The molecule has 0 radical (unpaired) electrons. The predicted molar refractivity (Wildman–Crippen MR) is 121 cm³/mol. The highest BCUT2D eigenvalue weighted by Crippen LogP contribution is 2.31. The highest BCUT2D eigenvalue weighted by atomic mass is 16.5. The van der Waals surface area contributed by atoms with Crippen LogP contribution in [-0.2, 0) is 11.3 Å². The molecule has 1 N–H and O–H groups in total. The number of aromatic nitrogens is 2. The minimum atomic E-state index is -0.0726. The van der Waals surface area contributed by atoms with E-state index in [1.54, 1.807) is 14.2 Å². The molecular weight excluding hydrogens is 408 g/mol. The Morgan fingerprint density at radius 2 is 2.00 bits per heavy atom. The number of aryl methyl sites for hydroxylation is 1. The highest BCUT2D eigenvalue weighted by Gasteiger charge is 2.27. The van der Waals surface area contributed by atoms with Crippen LogP contribution in [0.5, 0.6) is 11.5 Å². The smallest absolute Gasteiger partial charge is 0.241 e. The summed E-state index contributed by atoms with van der Waals surface area (Å²) in [6.45, 7) is 4.05. The van der Waals surface area contributed by atoms with Crippen molar-refractivity contribution in [3.05, 3.63) is 53.9 Å². The van der Waals surface area contributed by atoms with Gasteiger partial charge in [0.2, 0.25) is 17.6 Å². The number of amides is 1. The minimum absolute atomic E-state index is 0.0561. The molecular formula is C24H28N4O4. The minimum Gasteiger partial charge on any atom is -0.493 e. The lowest BCUT2D eigenvalue weighted by Gasteiger charge is -2.31. The molecule has 1 saturated heterocycles. The number of likely N-dealkylation sites (tertiary alicyclic amines) is 1. The van der Waals surface area contributed by atoms with E-state index in [4.69, 9.17) is 14.0 Å². The van der Waals surface area contributed by atoms with Crippen molar-refractivity contribution in [1.82, 2.24) is 15.0 Å². The lowest BCUT2D eigenvalue weighted by Crippen LogP contribution is -2.40. The maximum absolute atomic E-state index is 12.8. The molecule has 2 aromatic carbocycles. The summed E-state index contributed by atoms with van der Waals surface area (Å²) in [5.41, 5.74) is 2.71. The van der Waals surface area contributed by atoms with Crippen LogP contribution in [0, 0.1) is 12.8 Å². The number of piperidine rings is 1. The molecule has 32 heavy (non-hydrogen) atoms. The van der Waals surface area contributed by atoms with Crippen LogP contribution < -0.4 is 14.8 Å². The second-order valence-electron chi connectivity index (χ2n) is 7.96. The molecule has 1 aromatic heterocycles. The van der Waals surface area contributed by atoms with E-state index < -0.39 is 0 Å². The average molecular weight is 437 g/mol. The van der Waals surface area contributed by atoms with Crippen LogP contribution in [0.15, 0.2) is 47.0 Å². The molecule has 0 unspecified atom stereocenters. The van der Waals surface area contributed by atoms with Gasteiger partial charge >= 0.3 is 0 Å². The number of methoxy groups -OCH3 is 2. The lowest BCUT2D eigenvalue weighted by atomic mass is 9.97. The average Bonchev–Trinajstić information content (AvgIpc) is 3.28. The Morgan fingerprint density at radius 3 is 2.78 bits per heavy atom. The zero-order valence-electron chi connectivity index (χ0n) is 18.6. The molecule has 0 bridgehead atoms. The fourth-order valence-corrected chi connectivity index (χ4v) is 3.96. The van der Waals surface area contributed by atoms with Crippen molar-refractivity contribution in [2.75, 3.05) is 32.6 Å². The number of carbonyl (C=O) groups is 1. The van der Waals surface area contributed by atoms with Gasteiger partial charge in [0, 0.05) is 17.8 Å². The standard InChI is InChI=1S/C24H28N4O4/c1-16-7-4-5-9-19(16)25-24(29)18-8-6-12-28(14-18)15-22-26-23(27-32-22)17-10-11-20(30-2)21(13-17)31-3/h4-5,7,9-11,13,18H,6,8,12,14-15H2,1-3H3,(H,25,29)/t18-/m1/s1. The maximum Gasteiger partial charge on any atom is 0.241 e. The molecule has 1 fully saturated rings. The van der Waals surface area contributed by atoms with E-state index in [0.717, 1.165) is 36.2 Å². The van der Waals surface area contributed by atoms with Crippen LogP contribution in [0.25, 0.3) is 11.4 Å². The van der Waals surface area contributed by atoms with E-state index in [1.807, 2.05) is 49.4 Å². The zero-order valence-corrected chi connectivity index (χ0v) is 18.6. The summed E-state index contributed by atoms with van der Waals surface area (Å²) in [4.78, 5) is 19.5. The number of hydrogen-bond donors (Lipinski definition) is 1. The van der Waals surface area contributed by atoms with Gasteiger partial charge in [-0.1, -0.05) is 23.4 Å². The first-order chi connectivity index (χ1) is 15.6. The largest absolute Gasteiger partial charge is 0.493 e. The Labute approximate surface area is 187 Å². The summed E-state index contributed by atoms with van der Waals surface area (Å²) in [6.07, 6.45) is 1.82. The van der Waals surface area contributed by atoms with Crippen LogP contribution >= 0.6 is 0 Å². The molecule has 168 valence electrons. The topological polar surface area (TPSA) is 89.7 Å². The normalized spacial score (nSPS) is 16.5. The van der Waals surface area contributed by atoms with E-state index in [2.05, 4.69) is 20.4 Å². The Balaban J connectivity index is 1.39. The van der Waals surface area contributed by atoms with Crippen molar-refractivity contribution in [2.45, 2.75) is 26.3 Å². The number of para-hydroxylation sites is 1. The molecule has 1 aliphatic rings. The van der Waals surface area contributed by atoms with Gasteiger partial charge in [0.1, 0.15) is 0 Å². The van der Waals surface area contributed by atoms with E-state index in [9.17, 15) is 4.79 Å². The zero-order chi connectivity index (χ0) is 22.5. The highest BCUT2D eigenvalue weighted by molar-refractivity contribution is 5.93. The van der Waals surface area contributed by atoms with Gasteiger partial charge in [0.25, 0.3) is 0 Å². The fourth-order valence-electron chi connectivity index (χ4n) is 3.96. The molecule has 1 aliphatic heterocycles. The maximum atomic E-state index is 12.8. The Kier molecular flexibility index (Phi) is 6.70. The first-order valence-electron chi connectivity index (χ1n) is 10.7.